The Morgan fingerprint density at radius 3 is 2.86 bits per heavy atom. The molecule has 1 aromatic carbocycles. The Hall–Kier alpha value is -2.14. The molecule has 5 heteroatoms. The van der Waals surface area contributed by atoms with Gasteiger partial charge in [0.2, 0.25) is 0 Å². The fraction of sp³-hybridized carbons (Fsp3) is 0.375. The molecule has 2 N–H and O–H groups in total. The van der Waals surface area contributed by atoms with Gasteiger partial charge in [0.05, 0.1) is 23.3 Å². The summed E-state index contributed by atoms with van der Waals surface area (Å²) >= 11 is 0. The van der Waals surface area contributed by atoms with Crippen molar-refractivity contribution >= 4 is 5.97 Å². The van der Waals surface area contributed by atoms with Gasteiger partial charge in [-0.2, -0.15) is 0 Å². The highest BCUT2D eigenvalue weighted by Crippen LogP contribution is 2.18. The summed E-state index contributed by atoms with van der Waals surface area (Å²) < 4.78 is 1.77. The summed E-state index contributed by atoms with van der Waals surface area (Å²) in [6.07, 6.45) is 8.65. The number of aromatic carboxylic acids is 1. The average Bonchev–Trinajstić information content (AvgIpc) is 3.16. The lowest BCUT2D eigenvalue weighted by Gasteiger charge is -2.09. The van der Waals surface area contributed by atoms with Gasteiger partial charge in [-0.3, -0.25) is 0 Å². The van der Waals surface area contributed by atoms with E-state index in [9.17, 15) is 9.90 Å². The normalized spacial score (nSPS) is 15.4. The average molecular weight is 285 g/mol. The van der Waals surface area contributed by atoms with Crippen LogP contribution in [0.2, 0.25) is 0 Å². The first-order chi connectivity index (χ1) is 10.2. The van der Waals surface area contributed by atoms with Crippen LogP contribution in [0.25, 0.3) is 5.69 Å². The molecular formula is C16H19N3O2. The molecule has 1 saturated carbocycles. The maximum absolute atomic E-state index is 11.3. The quantitative estimate of drug-likeness (QED) is 0.886. The number of hydrogen-bond acceptors (Lipinski definition) is 3. The molecule has 110 valence electrons. The third-order valence-electron chi connectivity index (χ3n) is 3.98. The van der Waals surface area contributed by atoms with Gasteiger partial charge in [0.15, 0.2) is 0 Å². The van der Waals surface area contributed by atoms with Gasteiger partial charge < -0.3 is 15.0 Å². The van der Waals surface area contributed by atoms with E-state index in [0.29, 0.717) is 11.7 Å². The Labute approximate surface area is 123 Å². The number of nitrogens with zero attached hydrogens (tertiary/aromatic N) is 2. The highest BCUT2D eigenvalue weighted by atomic mass is 16.4. The SMILES string of the molecule is O=C(O)c1ccccc1-n1cnc(CNC2CCCC2)c1. The van der Waals surface area contributed by atoms with Crippen LogP contribution < -0.4 is 5.32 Å². The van der Waals surface area contributed by atoms with Gasteiger partial charge in [0.25, 0.3) is 0 Å². The zero-order valence-corrected chi connectivity index (χ0v) is 11.8. The highest BCUT2D eigenvalue weighted by Gasteiger charge is 2.15. The van der Waals surface area contributed by atoms with E-state index in [1.165, 1.54) is 25.7 Å². The standard InChI is InChI=1S/C16H19N3O2/c20-16(21)14-7-3-4-8-15(14)19-10-13(18-11-19)9-17-12-5-1-2-6-12/h3-4,7-8,10-12,17H,1-2,5-6,9H2,(H,20,21). The van der Waals surface area contributed by atoms with E-state index in [4.69, 9.17) is 0 Å². The van der Waals surface area contributed by atoms with Crippen LogP contribution in [-0.4, -0.2) is 26.7 Å². The van der Waals surface area contributed by atoms with Gasteiger partial charge in [0.1, 0.15) is 0 Å². The van der Waals surface area contributed by atoms with E-state index >= 15 is 0 Å². The monoisotopic (exact) mass is 285 g/mol. The predicted octanol–water partition coefficient (Wildman–Crippen LogP) is 2.60. The number of benzene rings is 1. The molecule has 1 aromatic heterocycles. The first-order valence-corrected chi connectivity index (χ1v) is 7.33. The second-order valence-electron chi connectivity index (χ2n) is 5.46. The molecule has 5 nitrogen and oxygen atoms in total. The number of aromatic nitrogens is 2. The lowest BCUT2D eigenvalue weighted by Crippen LogP contribution is -2.25. The van der Waals surface area contributed by atoms with Crippen molar-refractivity contribution in [2.45, 2.75) is 38.3 Å². The Balaban J connectivity index is 1.74. The number of carboxylic acids is 1. The first-order valence-electron chi connectivity index (χ1n) is 7.33. The van der Waals surface area contributed by atoms with Crippen molar-refractivity contribution in [2.24, 2.45) is 0 Å². The zero-order chi connectivity index (χ0) is 14.7. The molecule has 0 spiro atoms. The van der Waals surface area contributed by atoms with Crippen molar-refractivity contribution in [1.29, 1.82) is 0 Å². The van der Waals surface area contributed by atoms with Gasteiger partial charge in [0, 0.05) is 18.8 Å². The third-order valence-corrected chi connectivity index (χ3v) is 3.98. The topological polar surface area (TPSA) is 67.1 Å². The highest BCUT2D eigenvalue weighted by molar-refractivity contribution is 5.91. The van der Waals surface area contributed by atoms with E-state index in [0.717, 1.165) is 12.2 Å². The van der Waals surface area contributed by atoms with E-state index in [1.54, 1.807) is 29.1 Å². The molecule has 0 saturated heterocycles. The van der Waals surface area contributed by atoms with Gasteiger partial charge in [-0.1, -0.05) is 25.0 Å². The van der Waals surface area contributed by atoms with E-state index in [1.807, 2.05) is 12.3 Å². The molecule has 0 radical (unpaired) electrons. The van der Waals surface area contributed by atoms with Gasteiger partial charge in [-0.25, -0.2) is 9.78 Å². The molecule has 0 unspecified atom stereocenters. The number of para-hydroxylation sites is 1. The molecule has 21 heavy (non-hydrogen) atoms. The lowest BCUT2D eigenvalue weighted by molar-refractivity contribution is 0.0697. The van der Waals surface area contributed by atoms with Gasteiger partial charge in [-0.15, -0.1) is 0 Å². The van der Waals surface area contributed by atoms with Crippen LogP contribution >= 0.6 is 0 Å². The van der Waals surface area contributed by atoms with Crippen LogP contribution in [0.1, 0.15) is 41.7 Å². The molecular weight excluding hydrogens is 266 g/mol. The van der Waals surface area contributed by atoms with Crippen LogP contribution in [0, 0.1) is 0 Å². The van der Waals surface area contributed by atoms with Gasteiger partial charge in [-0.05, 0) is 25.0 Å². The summed E-state index contributed by atoms with van der Waals surface area (Å²) in [5, 5.41) is 12.7. The number of nitrogens with one attached hydrogen (secondary N) is 1. The number of hydrogen-bond donors (Lipinski definition) is 2. The molecule has 2 aromatic rings. The van der Waals surface area contributed by atoms with Crippen LogP contribution in [0.4, 0.5) is 0 Å². The van der Waals surface area contributed by atoms with Crippen molar-refractivity contribution in [3.05, 3.63) is 48.0 Å². The van der Waals surface area contributed by atoms with Crippen molar-refractivity contribution in [3.8, 4) is 5.69 Å². The number of imidazole rings is 1. The second kappa shape index (κ2) is 6.10. The Morgan fingerprint density at radius 1 is 1.33 bits per heavy atom. The van der Waals surface area contributed by atoms with Crippen molar-refractivity contribution in [1.82, 2.24) is 14.9 Å². The largest absolute Gasteiger partial charge is 0.478 e. The smallest absolute Gasteiger partial charge is 0.337 e. The minimum Gasteiger partial charge on any atom is -0.478 e. The molecule has 0 bridgehead atoms. The molecule has 0 amide bonds. The van der Waals surface area contributed by atoms with Gasteiger partial charge >= 0.3 is 5.97 Å². The summed E-state index contributed by atoms with van der Waals surface area (Å²) in [5.74, 6) is -0.926. The minimum atomic E-state index is -0.926. The summed E-state index contributed by atoms with van der Waals surface area (Å²) in [5.41, 5.74) is 1.86. The van der Waals surface area contributed by atoms with Crippen LogP contribution in [-0.2, 0) is 6.54 Å². The molecule has 1 heterocycles. The molecule has 3 rings (SSSR count). The summed E-state index contributed by atoms with van der Waals surface area (Å²) in [4.78, 5) is 15.6. The molecule has 1 aliphatic rings. The van der Waals surface area contributed by atoms with E-state index in [-0.39, 0.29) is 5.56 Å². The number of carbonyl (C=O) groups is 1. The maximum Gasteiger partial charge on any atom is 0.337 e. The second-order valence-corrected chi connectivity index (χ2v) is 5.46. The Kier molecular flexibility index (Phi) is 4.01. The van der Waals surface area contributed by atoms with E-state index in [2.05, 4.69) is 10.3 Å². The predicted molar refractivity (Wildman–Crippen MR) is 79.6 cm³/mol. The molecule has 0 aliphatic heterocycles. The zero-order valence-electron chi connectivity index (χ0n) is 11.8. The third kappa shape index (κ3) is 3.13. The number of carboxylic acid groups (broad SMARTS) is 1. The summed E-state index contributed by atoms with van der Waals surface area (Å²) in [7, 11) is 0. The molecule has 1 aliphatic carbocycles. The van der Waals surface area contributed by atoms with Crippen LogP contribution in [0.5, 0.6) is 0 Å². The summed E-state index contributed by atoms with van der Waals surface area (Å²) in [6.45, 7) is 0.729. The van der Waals surface area contributed by atoms with E-state index < -0.39 is 5.97 Å². The minimum absolute atomic E-state index is 0.283. The molecule has 0 atom stereocenters. The maximum atomic E-state index is 11.3. The first kappa shape index (κ1) is 13.8. The van der Waals surface area contributed by atoms with Crippen molar-refractivity contribution in [3.63, 3.8) is 0 Å². The fourth-order valence-corrected chi connectivity index (χ4v) is 2.85. The molecule has 1 fully saturated rings. The summed E-state index contributed by atoms with van der Waals surface area (Å²) in [6, 6.07) is 7.56. The number of rotatable bonds is 5. The van der Waals surface area contributed by atoms with Crippen molar-refractivity contribution < 1.29 is 9.90 Å². The lowest BCUT2D eigenvalue weighted by atomic mass is 10.2. The van der Waals surface area contributed by atoms with Crippen LogP contribution in [0.15, 0.2) is 36.8 Å². The van der Waals surface area contributed by atoms with Crippen molar-refractivity contribution in [2.75, 3.05) is 0 Å². The Morgan fingerprint density at radius 2 is 2.10 bits per heavy atom. The fourth-order valence-electron chi connectivity index (χ4n) is 2.85. The Bertz CT molecular complexity index is 630. The van der Waals surface area contributed by atoms with Crippen LogP contribution in [0.3, 0.4) is 0 Å².